The van der Waals surface area contributed by atoms with Gasteiger partial charge < -0.3 is 5.11 Å². The molecular weight excluding hydrogens is 202 g/mol. The number of aliphatic hydroxyl groups is 1. The lowest BCUT2D eigenvalue weighted by Gasteiger charge is -2.00. The van der Waals surface area contributed by atoms with Gasteiger partial charge >= 0.3 is 0 Å². The first kappa shape index (κ1) is 9.43. The number of imidazole rings is 1. The minimum Gasteiger partial charge on any atom is -0.390 e. The van der Waals surface area contributed by atoms with Crippen molar-refractivity contribution in [2.75, 3.05) is 0 Å². The van der Waals surface area contributed by atoms with Crippen LogP contribution in [0.5, 0.6) is 0 Å². The molecule has 74 valence electrons. The van der Waals surface area contributed by atoms with Crippen LogP contribution < -0.4 is 0 Å². The summed E-state index contributed by atoms with van der Waals surface area (Å²) in [5, 5.41) is 13.6. The van der Waals surface area contributed by atoms with E-state index in [0.717, 1.165) is 16.9 Å². The Kier molecular flexibility index (Phi) is 2.17. The maximum absolute atomic E-state index is 9.14. The van der Waals surface area contributed by atoms with Crippen molar-refractivity contribution in [1.29, 1.82) is 0 Å². The number of nitrogens with zero attached hydrogens (tertiary/aromatic N) is 3. The monoisotopic (exact) mass is 211 g/mol. The Morgan fingerprint density at radius 3 is 2.86 bits per heavy atom. The van der Waals surface area contributed by atoms with E-state index in [1.165, 1.54) is 0 Å². The molecule has 0 aliphatic carbocycles. The molecule has 2 aromatic rings. The van der Waals surface area contributed by atoms with Gasteiger partial charge in [-0.2, -0.15) is 5.10 Å². The highest BCUT2D eigenvalue weighted by Gasteiger charge is 2.11. The smallest absolute Gasteiger partial charge is 0.157 e. The van der Waals surface area contributed by atoms with Gasteiger partial charge in [-0.1, -0.05) is 11.6 Å². The maximum Gasteiger partial charge on any atom is 0.157 e. The molecule has 4 nitrogen and oxygen atoms in total. The standard InChI is InChI=1S/C9H10ClN3O/c1-5-3-8(10)12-13-7(4-14)6(2)11-9(5)13/h3,14H,4H2,1-2H3. The zero-order valence-corrected chi connectivity index (χ0v) is 8.71. The first-order valence-corrected chi connectivity index (χ1v) is 4.63. The first-order valence-electron chi connectivity index (χ1n) is 4.25. The van der Waals surface area contributed by atoms with Crippen LogP contribution in [0.15, 0.2) is 6.07 Å². The van der Waals surface area contributed by atoms with Gasteiger partial charge in [0, 0.05) is 0 Å². The maximum atomic E-state index is 9.14. The molecule has 0 aliphatic heterocycles. The van der Waals surface area contributed by atoms with Crippen LogP contribution in [0.4, 0.5) is 0 Å². The minimum absolute atomic E-state index is 0.0835. The van der Waals surface area contributed by atoms with E-state index in [-0.39, 0.29) is 6.61 Å². The van der Waals surface area contributed by atoms with Gasteiger partial charge in [0.15, 0.2) is 5.65 Å². The normalized spacial score (nSPS) is 11.1. The topological polar surface area (TPSA) is 50.4 Å². The molecule has 2 aromatic heterocycles. The Bertz CT molecular complexity index is 492. The van der Waals surface area contributed by atoms with Gasteiger partial charge in [-0.25, -0.2) is 9.50 Å². The van der Waals surface area contributed by atoms with Crippen LogP contribution >= 0.6 is 11.6 Å². The van der Waals surface area contributed by atoms with Gasteiger partial charge in [-0.3, -0.25) is 0 Å². The lowest BCUT2D eigenvalue weighted by Crippen LogP contribution is -1.99. The van der Waals surface area contributed by atoms with Crippen LogP contribution in [-0.2, 0) is 6.61 Å². The number of halogens is 1. The fraction of sp³-hybridized carbons (Fsp3) is 0.333. The molecule has 0 fully saturated rings. The fourth-order valence-corrected chi connectivity index (χ4v) is 1.70. The van der Waals surface area contributed by atoms with E-state index in [1.807, 2.05) is 13.8 Å². The number of fused-ring (bicyclic) bond motifs is 1. The number of hydrogen-bond acceptors (Lipinski definition) is 3. The van der Waals surface area contributed by atoms with Gasteiger partial charge in [0.05, 0.1) is 18.0 Å². The second-order valence-corrected chi connectivity index (χ2v) is 3.57. The molecule has 0 saturated carbocycles. The van der Waals surface area contributed by atoms with Crippen molar-refractivity contribution >= 4 is 17.2 Å². The largest absolute Gasteiger partial charge is 0.390 e. The molecule has 14 heavy (non-hydrogen) atoms. The lowest BCUT2D eigenvalue weighted by molar-refractivity contribution is 0.273. The predicted octanol–water partition coefficient (Wildman–Crippen LogP) is 1.49. The molecule has 2 rings (SSSR count). The van der Waals surface area contributed by atoms with Crippen molar-refractivity contribution in [3.8, 4) is 0 Å². The van der Waals surface area contributed by atoms with Crippen molar-refractivity contribution in [3.63, 3.8) is 0 Å². The third-order valence-electron chi connectivity index (χ3n) is 2.18. The van der Waals surface area contributed by atoms with E-state index < -0.39 is 0 Å². The Morgan fingerprint density at radius 2 is 2.21 bits per heavy atom. The number of hydrogen-bond donors (Lipinski definition) is 1. The van der Waals surface area contributed by atoms with E-state index in [0.29, 0.717) is 10.8 Å². The number of rotatable bonds is 1. The van der Waals surface area contributed by atoms with Crippen molar-refractivity contribution in [1.82, 2.24) is 14.6 Å². The average Bonchev–Trinajstić information content (AvgIpc) is 2.41. The third-order valence-corrected chi connectivity index (χ3v) is 2.37. The zero-order valence-electron chi connectivity index (χ0n) is 7.95. The molecule has 5 heteroatoms. The molecule has 0 bridgehead atoms. The van der Waals surface area contributed by atoms with Crippen LogP contribution in [0.25, 0.3) is 5.65 Å². The second kappa shape index (κ2) is 3.22. The molecule has 0 aliphatic rings. The SMILES string of the molecule is Cc1nc2c(C)cc(Cl)nn2c1CO. The molecule has 1 N–H and O–H groups in total. The summed E-state index contributed by atoms with van der Waals surface area (Å²) in [6.45, 7) is 3.67. The summed E-state index contributed by atoms with van der Waals surface area (Å²) >= 11 is 5.82. The van der Waals surface area contributed by atoms with E-state index >= 15 is 0 Å². The van der Waals surface area contributed by atoms with Gasteiger partial charge in [0.25, 0.3) is 0 Å². The van der Waals surface area contributed by atoms with Gasteiger partial charge in [0.2, 0.25) is 0 Å². The summed E-state index contributed by atoms with van der Waals surface area (Å²) in [5.74, 6) is 0. The first-order chi connectivity index (χ1) is 6.63. The van der Waals surface area contributed by atoms with Crippen molar-refractivity contribution < 1.29 is 5.11 Å². The molecule has 0 radical (unpaired) electrons. The fourth-order valence-electron chi connectivity index (χ4n) is 1.46. The van der Waals surface area contributed by atoms with Crippen molar-refractivity contribution in [2.45, 2.75) is 20.5 Å². The minimum atomic E-state index is -0.0835. The molecule has 0 unspecified atom stereocenters. The summed E-state index contributed by atoms with van der Waals surface area (Å²) in [7, 11) is 0. The van der Waals surface area contributed by atoms with Crippen LogP contribution in [0.1, 0.15) is 17.0 Å². The number of aromatic nitrogens is 3. The highest BCUT2D eigenvalue weighted by atomic mass is 35.5. The molecule has 0 saturated heterocycles. The highest BCUT2D eigenvalue weighted by molar-refractivity contribution is 6.29. The van der Waals surface area contributed by atoms with Crippen molar-refractivity contribution in [2.24, 2.45) is 0 Å². The number of aliphatic hydroxyl groups excluding tert-OH is 1. The molecule has 0 atom stereocenters. The Hall–Kier alpha value is -1.13. The average molecular weight is 212 g/mol. The lowest BCUT2D eigenvalue weighted by atomic mass is 10.3. The zero-order chi connectivity index (χ0) is 10.3. The highest BCUT2D eigenvalue weighted by Crippen LogP contribution is 2.17. The molecule has 2 heterocycles. The van der Waals surface area contributed by atoms with E-state index in [4.69, 9.17) is 16.7 Å². The summed E-state index contributed by atoms with van der Waals surface area (Å²) in [6.07, 6.45) is 0. The quantitative estimate of drug-likeness (QED) is 0.778. The Balaban J connectivity index is 2.87. The second-order valence-electron chi connectivity index (χ2n) is 3.19. The predicted molar refractivity (Wildman–Crippen MR) is 53.4 cm³/mol. The van der Waals surface area contributed by atoms with Crippen LogP contribution in [0.2, 0.25) is 5.15 Å². The summed E-state index contributed by atoms with van der Waals surface area (Å²) in [6, 6.07) is 1.75. The Labute approximate surface area is 86.1 Å². The molecular formula is C9H10ClN3O. The summed E-state index contributed by atoms with van der Waals surface area (Å²) in [4.78, 5) is 4.31. The van der Waals surface area contributed by atoms with E-state index in [1.54, 1.807) is 10.6 Å². The number of aryl methyl sites for hydroxylation is 2. The summed E-state index contributed by atoms with van der Waals surface area (Å²) < 4.78 is 1.59. The van der Waals surface area contributed by atoms with Gasteiger partial charge in [0.1, 0.15) is 5.15 Å². The van der Waals surface area contributed by atoms with E-state index in [9.17, 15) is 0 Å². The van der Waals surface area contributed by atoms with Crippen molar-refractivity contribution in [3.05, 3.63) is 28.2 Å². The van der Waals surface area contributed by atoms with Gasteiger partial charge in [-0.05, 0) is 25.5 Å². The van der Waals surface area contributed by atoms with Crippen LogP contribution in [-0.4, -0.2) is 19.7 Å². The van der Waals surface area contributed by atoms with Crippen LogP contribution in [0, 0.1) is 13.8 Å². The Morgan fingerprint density at radius 1 is 1.50 bits per heavy atom. The molecule has 0 amide bonds. The summed E-state index contributed by atoms with van der Waals surface area (Å²) in [5.41, 5.74) is 3.17. The third kappa shape index (κ3) is 1.27. The van der Waals surface area contributed by atoms with Crippen LogP contribution in [0.3, 0.4) is 0 Å². The van der Waals surface area contributed by atoms with E-state index in [2.05, 4.69) is 10.1 Å². The van der Waals surface area contributed by atoms with Gasteiger partial charge in [-0.15, -0.1) is 0 Å². The molecule has 0 aromatic carbocycles. The molecule has 0 spiro atoms.